The number of carbonyl (C=O) groups is 2. The van der Waals surface area contributed by atoms with Crippen LogP contribution < -0.4 is 0 Å². The molecule has 0 saturated carbocycles. The predicted molar refractivity (Wildman–Crippen MR) is 73.0 cm³/mol. The van der Waals surface area contributed by atoms with Crippen LogP contribution in [0.4, 0.5) is 0 Å². The van der Waals surface area contributed by atoms with Gasteiger partial charge in [0.2, 0.25) is 0 Å². The van der Waals surface area contributed by atoms with E-state index in [9.17, 15) is 9.59 Å². The second-order valence-corrected chi connectivity index (χ2v) is 5.55. The fourth-order valence-electron chi connectivity index (χ4n) is 1.94. The summed E-state index contributed by atoms with van der Waals surface area (Å²) < 4.78 is 4.60. The first-order valence-corrected chi connectivity index (χ1v) is 7.14. The SMILES string of the molecule is COC(=O)CSC1CCN(C(=O)c2ccccn2)C1. The number of methoxy groups -OCH3 is 1. The van der Waals surface area contributed by atoms with Crippen LogP contribution in [0.3, 0.4) is 0 Å². The van der Waals surface area contributed by atoms with Crippen LogP contribution in [0.15, 0.2) is 24.4 Å². The molecule has 1 aliphatic heterocycles. The van der Waals surface area contributed by atoms with Crippen LogP contribution >= 0.6 is 11.8 Å². The average Bonchev–Trinajstić information content (AvgIpc) is 2.93. The molecule has 1 fully saturated rings. The van der Waals surface area contributed by atoms with Crippen molar-refractivity contribution in [2.24, 2.45) is 0 Å². The van der Waals surface area contributed by atoms with Gasteiger partial charge in [-0.15, -0.1) is 11.8 Å². The number of amides is 1. The summed E-state index contributed by atoms with van der Waals surface area (Å²) in [5.41, 5.74) is 0.473. The third-order valence-corrected chi connectivity index (χ3v) is 4.24. The molecule has 1 unspecified atom stereocenters. The van der Waals surface area contributed by atoms with Gasteiger partial charge in [-0.3, -0.25) is 14.6 Å². The van der Waals surface area contributed by atoms with Gasteiger partial charge in [0.05, 0.1) is 12.9 Å². The van der Waals surface area contributed by atoms with Gasteiger partial charge in [-0.05, 0) is 18.6 Å². The van der Waals surface area contributed by atoms with Gasteiger partial charge in [-0.25, -0.2) is 0 Å². The fraction of sp³-hybridized carbons (Fsp3) is 0.462. The van der Waals surface area contributed by atoms with Gasteiger partial charge in [0.15, 0.2) is 0 Å². The van der Waals surface area contributed by atoms with Crippen LogP contribution in [-0.2, 0) is 9.53 Å². The van der Waals surface area contributed by atoms with Crippen LogP contribution in [0.2, 0.25) is 0 Å². The molecule has 2 rings (SSSR count). The molecule has 1 saturated heterocycles. The Kier molecular flexibility index (Phi) is 4.79. The van der Waals surface area contributed by atoms with Crippen molar-refractivity contribution in [3.8, 4) is 0 Å². The van der Waals surface area contributed by atoms with E-state index < -0.39 is 0 Å². The molecule has 5 nitrogen and oxygen atoms in total. The third kappa shape index (κ3) is 3.70. The Morgan fingerprint density at radius 2 is 2.37 bits per heavy atom. The summed E-state index contributed by atoms with van der Waals surface area (Å²) in [6.45, 7) is 1.38. The lowest BCUT2D eigenvalue weighted by Crippen LogP contribution is -2.29. The molecule has 1 amide bonds. The Balaban J connectivity index is 1.85. The first kappa shape index (κ1) is 13.9. The van der Waals surface area contributed by atoms with Crippen LogP contribution in [0, 0.1) is 0 Å². The monoisotopic (exact) mass is 280 g/mol. The number of aromatic nitrogens is 1. The maximum absolute atomic E-state index is 12.1. The van der Waals surface area contributed by atoms with E-state index in [1.165, 1.54) is 7.11 Å². The molecule has 19 heavy (non-hydrogen) atoms. The molecule has 2 heterocycles. The maximum Gasteiger partial charge on any atom is 0.315 e. The van der Waals surface area contributed by atoms with Gasteiger partial charge >= 0.3 is 5.97 Å². The Hall–Kier alpha value is -1.56. The van der Waals surface area contributed by atoms with E-state index in [0.29, 0.717) is 29.8 Å². The standard InChI is InChI=1S/C13H16N2O3S/c1-18-12(16)9-19-10-5-7-15(8-10)13(17)11-4-2-3-6-14-11/h2-4,6,10H,5,7-9H2,1H3. The first-order valence-electron chi connectivity index (χ1n) is 6.09. The highest BCUT2D eigenvalue weighted by atomic mass is 32.2. The maximum atomic E-state index is 12.1. The zero-order valence-corrected chi connectivity index (χ0v) is 11.6. The third-order valence-electron chi connectivity index (χ3n) is 2.98. The van der Waals surface area contributed by atoms with Crippen molar-refractivity contribution in [1.29, 1.82) is 0 Å². The van der Waals surface area contributed by atoms with Crippen molar-refractivity contribution in [3.05, 3.63) is 30.1 Å². The zero-order chi connectivity index (χ0) is 13.7. The van der Waals surface area contributed by atoms with E-state index in [1.54, 1.807) is 41.1 Å². The van der Waals surface area contributed by atoms with Gasteiger partial charge in [-0.2, -0.15) is 0 Å². The molecule has 102 valence electrons. The molecule has 0 N–H and O–H groups in total. The van der Waals surface area contributed by atoms with Crippen molar-refractivity contribution < 1.29 is 14.3 Å². The molecule has 1 aliphatic rings. The Morgan fingerprint density at radius 3 is 3.05 bits per heavy atom. The van der Waals surface area contributed by atoms with Crippen LogP contribution in [0.25, 0.3) is 0 Å². The summed E-state index contributed by atoms with van der Waals surface area (Å²) >= 11 is 1.54. The molecule has 0 bridgehead atoms. The quantitative estimate of drug-likeness (QED) is 0.776. The number of hydrogen-bond donors (Lipinski definition) is 0. The van der Waals surface area contributed by atoms with Gasteiger partial charge in [0.25, 0.3) is 5.91 Å². The largest absolute Gasteiger partial charge is 0.468 e. The molecule has 1 aromatic rings. The number of pyridine rings is 1. The van der Waals surface area contributed by atoms with E-state index in [2.05, 4.69) is 9.72 Å². The molecule has 0 aromatic carbocycles. The molecular formula is C13H16N2O3S. The highest BCUT2D eigenvalue weighted by Gasteiger charge is 2.28. The summed E-state index contributed by atoms with van der Waals surface area (Å²) in [6.07, 6.45) is 2.52. The number of rotatable bonds is 4. The lowest BCUT2D eigenvalue weighted by molar-refractivity contribution is -0.137. The van der Waals surface area contributed by atoms with Gasteiger partial charge < -0.3 is 9.64 Å². The lowest BCUT2D eigenvalue weighted by Gasteiger charge is -2.15. The second kappa shape index (κ2) is 6.56. The van der Waals surface area contributed by atoms with E-state index >= 15 is 0 Å². The molecule has 1 aromatic heterocycles. The van der Waals surface area contributed by atoms with Crippen molar-refractivity contribution in [2.45, 2.75) is 11.7 Å². The first-order chi connectivity index (χ1) is 9.20. The number of likely N-dealkylation sites (tertiary alicyclic amines) is 1. The second-order valence-electron chi connectivity index (χ2n) is 4.26. The summed E-state index contributed by atoms with van der Waals surface area (Å²) in [6, 6.07) is 5.31. The van der Waals surface area contributed by atoms with Crippen LogP contribution in [-0.4, -0.2) is 53.0 Å². The number of thioether (sulfide) groups is 1. The van der Waals surface area contributed by atoms with Gasteiger partial charge in [0.1, 0.15) is 5.69 Å². The molecule has 0 spiro atoms. The normalized spacial score (nSPS) is 18.4. The van der Waals surface area contributed by atoms with Gasteiger partial charge in [-0.1, -0.05) is 6.07 Å². The molecular weight excluding hydrogens is 264 g/mol. The average molecular weight is 280 g/mol. The summed E-state index contributed by atoms with van der Waals surface area (Å²) in [5.74, 6) is 0.0774. The molecule has 0 radical (unpaired) electrons. The minimum Gasteiger partial charge on any atom is -0.468 e. The minimum atomic E-state index is -0.223. The predicted octanol–water partition coefficient (Wildman–Crippen LogP) is 1.20. The minimum absolute atomic E-state index is 0.0400. The molecule has 6 heteroatoms. The summed E-state index contributed by atoms with van der Waals surface area (Å²) in [4.78, 5) is 29.1. The highest BCUT2D eigenvalue weighted by molar-refractivity contribution is 8.00. The van der Waals surface area contributed by atoms with E-state index in [-0.39, 0.29) is 11.9 Å². The van der Waals surface area contributed by atoms with Crippen LogP contribution in [0.5, 0.6) is 0 Å². The number of ether oxygens (including phenoxy) is 1. The zero-order valence-electron chi connectivity index (χ0n) is 10.7. The number of carbonyl (C=O) groups excluding carboxylic acids is 2. The van der Waals surface area contributed by atoms with Crippen LogP contribution in [0.1, 0.15) is 16.9 Å². The summed E-state index contributed by atoms with van der Waals surface area (Å²) in [5, 5.41) is 0.298. The van der Waals surface area contributed by atoms with E-state index in [1.807, 2.05) is 0 Å². The Morgan fingerprint density at radius 1 is 1.53 bits per heavy atom. The smallest absolute Gasteiger partial charge is 0.315 e. The Labute approximate surface area is 116 Å². The molecule has 1 atom stereocenters. The lowest BCUT2D eigenvalue weighted by atomic mass is 10.3. The highest BCUT2D eigenvalue weighted by Crippen LogP contribution is 2.23. The van der Waals surface area contributed by atoms with Crippen molar-refractivity contribution in [3.63, 3.8) is 0 Å². The topological polar surface area (TPSA) is 59.5 Å². The van der Waals surface area contributed by atoms with E-state index in [4.69, 9.17) is 0 Å². The van der Waals surface area contributed by atoms with E-state index in [0.717, 1.165) is 6.42 Å². The van der Waals surface area contributed by atoms with Gasteiger partial charge in [0, 0.05) is 24.5 Å². The van der Waals surface area contributed by atoms with Crippen molar-refractivity contribution >= 4 is 23.6 Å². The number of esters is 1. The summed E-state index contributed by atoms with van der Waals surface area (Å²) in [7, 11) is 1.38. The molecule has 0 aliphatic carbocycles. The number of nitrogens with zero attached hydrogens (tertiary/aromatic N) is 2. The number of hydrogen-bond acceptors (Lipinski definition) is 5. The van der Waals surface area contributed by atoms with Crippen molar-refractivity contribution in [2.75, 3.05) is 26.0 Å². The van der Waals surface area contributed by atoms with Crippen molar-refractivity contribution in [1.82, 2.24) is 9.88 Å². The fourth-order valence-corrected chi connectivity index (χ4v) is 2.99. The Bertz CT molecular complexity index is 452.